The number of anilines is 2. The van der Waals surface area contributed by atoms with Crippen LogP contribution in [-0.4, -0.2) is 16.2 Å². The summed E-state index contributed by atoms with van der Waals surface area (Å²) in [7, 11) is 0. The number of nitrogen functional groups attached to an aromatic ring is 2. The van der Waals surface area contributed by atoms with Crippen molar-refractivity contribution in [3.05, 3.63) is 12.1 Å². The van der Waals surface area contributed by atoms with Gasteiger partial charge in [-0.3, -0.25) is 0 Å². The Hall–Kier alpha value is -1.36. The highest BCUT2D eigenvalue weighted by molar-refractivity contribution is 7.98. The minimum absolute atomic E-state index is 0.403. The van der Waals surface area contributed by atoms with E-state index in [1.54, 1.807) is 11.8 Å². The van der Waals surface area contributed by atoms with Gasteiger partial charge in [0.2, 0.25) is 0 Å². The molecule has 0 aliphatic rings. The number of hydrogen-bond acceptors (Lipinski definition) is 4. The third-order valence-corrected chi connectivity index (χ3v) is 2.55. The number of nitrogens with zero attached hydrogens (tertiary/aromatic N) is 1. The lowest BCUT2D eigenvalue weighted by atomic mass is 10.3. The Kier molecular flexibility index (Phi) is 1.81. The van der Waals surface area contributed by atoms with Crippen molar-refractivity contribution in [3.8, 4) is 0 Å². The van der Waals surface area contributed by atoms with E-state index < -0.39 is 0 Å². The van der Waals surface area contributed by atoms with Crippen LogP contribution in [-0.2, 0) is 0 Å². The molecule has 1 aromatic carbocycles. The molecule has 0 aliphatic heterocycles. The Morgan fingerprint density at radius 1 is 1.38 bits per heavy atom. The van der Waals surface area contributed by atoms with Gasteiger partial charge in [-0.15, -0.1) is 11.8 Å². The standard InChI is InChI=1S/C8H10N4S/c1-13-4-2-5(9)7-6(3-4)11-8(10)12-7/h2-3H,9H2,1H3,(H3,10,11,12). The molecule has 4 nitrogen and oxygen atoms in total. The average Bonchev–Trinajstić information content (AvgIpc) is 2.46. The zero-order chi connectivity index (χ0) is 9.42. The van der Waals surface area contributed by atoms with Crippen molar-refractivity contribution in [2.45, 2.75) is 4.90 Å². The highest BCUT2D eigenvalue weighted by atomic mass is 32.2. The summed E-state index contributed by atoms with van der Waals surface area (Å²) in [5.74, 6) is 0.403. The second-order valence-electron chi connectivity index (χ2n) is 2.73. The van der Waals surface area contributed by atoms with Crippen LogP contribution in [0.2, 0.25) is 0 Å². The molecule has 0 atom stereocenters. The van der Waals surface area contributed by atoms with E-state index in [2.05, 4.69) is 9.97 Å². The Balaban J connectivity index is 2.75. The third-order valence-electron chi connectivity index (χ3n) is 1.84. The minimum atomic E-state index is 0.403. The van der Waals surface area contributed by atoms with Crippen molar-refractivity contribution in [2.75, 3.05) is 17.7 Å². The molecule has 2 rings (SSSR count). The largest absolute Gasteiger partial charge is 0.397 e. The lowest BCUT2D eigenvalue weighted by Crippen LogP contribution is -1.87. The van der Waals surface area contributed by atoms with Crippen LogP contribution in [0.5, 0.6) is 0 Å². The first-order chi connectivity index (χ1) is 6.20. The number of benzene rings is 1. The van der Waals surface area contributed by atoms with Crippen LogP contribution in [0.25, 0.3) is 11.0 Å². The van der Waals surface area contributed by atoms with Crippen molar-refractivity contribution in [1.29, 1.82) is 0 Å². The van der Waals surface area contributed by atoms with Gasteiger partial charge in [0.25, 0.3) is 0 Å². The first-order valence-corrected chi connectivity index (χ1v) is 5.02. The first-order valence-electron chi connectivity index (χ1n) is 3.79. The normalized spacial score (nSPS) is 10.8. The van der Waals surface area contributed by atoms with E-state index in [1.165, 1.54) is 0 Å². The maximum absolute atomic E-state index is 5.79. The highest BCUT2D eigenvalue weighted by Crippen LogP contribution is 2.26. The fourth-order valence-corrected chi connectivity index (χ4v) is 1.73. The van der Waals surface area contributed by atoms with E-state index in [0.717, 1.165) is 15.9 Å². The summed E-state index contributed by atoms with van der Waals surface area (Å²) < 4.78 is 0. The number of nitrogens with one attached hydrogen (secondary N) is 1. The number of fused-ring (bicyclic) bond motifs is 1. The van der Waals surface area contributed by atoms with Crippen LogP contribution in [0, 0.1) is 0 Å². The molecule has 0 radical (unpaired) electrons. The van der Waals surface area contributed by atoms with Crippen molar-refractivity contribution >= 4 is 34.4 Å². The molecular weight excluding hydrogens is 184 g/mol. The number of aromatic nitrogens is 2. The zero-order valence-electron chi connectivity index (χ0n) is 7.16. The van der Waals surface area contributed by atoms with Crippen LogP contribution in [0.1, 0.15) is 0 Å². The molecule has 5 N–H and O–H groups in total. The van der Waals surface area contributed by atoms with Gasteiger partial charge >= 0.3 is 0 Å². The molecule has 5 heteroatoms. The van der Waals surface area contributed by atoms with E-state index in [-0.39, 0.29) is 0 Å². The van der Waals surface area contributed by atoms with E-state index in [1.807, 2.05) is 18.4 Å². The maximum Gasteiger partial charge on any atom is 0.198 e. The molecule has 68 valence electrons. The SMILES string of the molecule is CSc1cc(N)c2nc(N)[nH]c2c1. The smallest absolute Gasteiger partial charge is 0.198 e. The van der Waals surface area contributed by atoms with Gasteiger partial charge in [-0.1, -0.05) is 0 Å². The summed E-state index contributed by atoms with van der Waals surface area (Å²) in [6.07, 6.45) is 2.00. The molecule has 2 aromatic rings. The summed E-state index contributed by atoms with van der Waals surface area (Å²) in [4.78, 5) is 8.13. The van der Waals surface area contributed by atoms with Crippen LogP contribution < -0.4 is 11.5 Å². The van der Waals surface area contributed by atoms with E-state index >= 15 is 0 Å². The van der Waals surface area contributed by atoms with Gasteiger partial charge in [-0.05, 0) is 18.4 Å². The lowest BCUT2D eigenvalue weighted by molar-refractivity contribution is 1.35. The predicted octanol–water partition coefficient (Wildman–Crippen LogP) is 1.45. The Morgan fingerprint density at radius 2 is 2.15 bits per heavy atom. The third kappa shape index (κ3) is 1.31. The summed E-state index contributed by atoms with van der Waals surface area (Å²) in [5, 5.41) is 0. The van der Waals surface area contributed by atoms with Gasteiger partial charge in [-0.2, -0.15) is 0 Å². The Labute approximate surface area is 79.7 Å². The zero-order valence-corrected chi connectivity index (χ0v) is 7.98. The van der Waals surface area contributed by atoms with E-state index in [9.17, 15) is 0 Å². The van der Waals surface area contributed by atoms with Gasteiger partial charge < -0.3 is 16.5 Å². The highest BCUT2D eigenvalue weighted by Gasteiger charge is 2.05. The second-order valence-corrected chi connectivity index (χ2v) is 3.61. The number of hydrogen-bond donors (Lipinski definition) is 3. The molecule has 1 aromatic heterocycles. The number of nitrogens with two attached hydrogens (primary N) is 2. The number of H-pyrrole nitrogens is 1. The minimum Gasteiger partial charge on any atom is -0.397 e. The van der Waals surface area contributed by atoms with Gasteiger partial charge in [0.05, 0.1) is 11.2 Å². The first kappa shape index (κ1) is 8.25. The number of thioether (sulfide) groups is 1. The number of imidazole rings is 1. The molecule has 0 saturated heterocycles. The van der Waals surface area contributed by atoms with Gasteiger partial charge in [0.1, 0.15) is 5.52 Å². The molecule has 0 fully saturated rings. The number of aromatic amines is 1. The van der Waals surface area contributed by atoms with Crippen molar-refractivity contribution in [1.82, 2.24) is 9.97 Å². The topological polar surface area (TPSA) is 80.7 Å². The molecule has 1 heterocycles. The van der Waals surface area contributed by atoms with Crippen LogP contribution >= 0.6 is 11.8 Å². The van der Waals surface area contributed by atoms with Crippen molar-refractivity contribution < 1.29 is 0 Å². The molecule has 0 saturated carbocycles. The van der Waals surface area contributed by atoms with E-state index in [0.29, 0.717) is 11.6 Å². The summed E-state index contributed by atoms with van der Waals surface area (Å²) in [6, 6.07) is 3.88. The lowest BCUT2D eigenvalue weighted by Gasteiger charge is -1.98. The van der Waals surface area contributed by atoms with Gasteiger partial charge in [0, 0.05) is 4.90 Å². The van der Waals surface area contributed by atoms with Crippen molar-refractivity contribution in [2.24, 2.45) is 0 Å². The van der Waals surface area contributed by atoms with Crippen LogP contribution in [0.15, 0.2) is 17.0 Å². The summed E-state index contributed by atoms with van der Waals surface area (Å²) in [6.45, 7) is 0. The monoisotopic (exact) mass is 194 g/mol. The fraction of sp³-hybridized carbons (Fsp3) is 0.125. The molecule has 13 heavy (non-hydrogen) atoms. The van der Waals surface area contributed by atoms with Crippen LogP contribution in [0.4, 0.5) is 11.6 Å². The predicted molar refractivity (Wildman–Crippen MR) is 56.7 cm³/mol. The molecule has 0 unspecified atom stereocenters. The van der Waals surface area contributed by atoms with Crippen molar-refractivity contribution in [3.63, 3.8) is 0 Å². The molecular formula is C8H10N4S. The molecule has 0 bridgehead atoms. The maximum atomic E-state index is 5.79. The summed E-state index contributed by atoms with van der Waals surface area (Å²) >= 11 is 1.64. The second kappa shape index (κ2) is 2.85. The summed E-state index contributed by atoms with van der Waals surface area (Å²) in [5.41, 5.74) is 13.6. The fourth-order valence-electron chi connectivity index (χ4n) is 1.25. The average molecular weight is 194 g/mol. The Bertz CT molecular complexity index is 449. The Morgan fingerprint density at radius 3 is 2.85 bits per heavy atom. The molecule has 0 aliphatic carbocycles. The molecule has 0 spiro atoms. The number of rotatable bonds is 1. The van der Waals surface area contributed by atoms with E-state index in [4.69, 9.17) is 11.5 Å². The molecule has 0 amide bonds. The van der Waals surface area contributed by atoms with Gasteiger partial charge in [0.15, 0.2) is 5.95 Å². The quantitative estimate of drug-likeness (QED) is 0.474. The van der Waals surface area contributed by atoms with Gasteiger partial charge in [-0.25, -0.2) is 4.98 Å². The van der Waals surface area contributed by atoms with Crippen LogP contribution in [0.3, 0.4) is 0 Å².